The summed E-state index contributed by atoms with van der Waals surface area (Å²) in [6.07, 6.45) is 1.77. The first kappa shape index (κ1) is 29.7. The first-order valence-electron chi connectivity index (χ1n) is 14.1. The summed E-state index contributed by atoms with van der Waals surface area (Å²) < 4.78 is 24.0. The molecule has 0 spiro atoms. The second-order valence-corrected chi connectivity index (χ2v) is 10.1. The molecule has 0 saturated heterocycles. The smallest absolute Gasteiger partial charge is 0.280 e. The van der Waals surface area contributed by atoms with Crippen LogP contribution >= 0.6 is 11.6 Å². The number of ether oxygens (including phenoxy) is 4. The first-order chi connectivity index (χ1) is 21.0. The van der Waals surface area contributed by atoms with Crippen LogP contribution in [0.3, 0.4) is 0 Å². The number of hydrogen-bond acceptors (Lipinski definition) is 6. The molecule has 0 fully saturated rings. The molecule has 1 aliphatic rings. The molecule has 0 aliphatic carbocycles. The minimum atomic E-state index is -0.209. The predicted octanol–water partition coefficient (Wildman–Crippen LogP) is 8.10. The van der Waals surface area contributed by atoms with E-state index in [2.05, 4.69) is 5.10 Å². The SMILES string of the molecule is CCOc1cc(COc2c(Cl)cc(/C=C3\C(=O)N(c4ccccc4)N=C3C)cc2OCC)ccc1OCc1ccccc1. The highest BCUT2D eigenvalue weighted by atomic mass is 35.5. The van der Waals surface area contributed by atoms with Gasteiger partial charge in [0.05, 0.1) is 35.2 Å². The van der Waals surface area contributed by atoms with Gasteiger partial charge < -0.3 is 18.9 Å². The molecular weight excluding hydrogens is 564 g/mol. The van der Waals surface area contributed by atoms with Gasteiger partial charge in [0.1, 0.15) is 13.2 Å². The summed E-state index contributed by atoms with van der Waals surface area (Å²) in [6.45, 7) is 7.21. The molecule has 8 heteroatoms. The standard InChI is InChI=1S/C35H33ClN2O5/c1-4-40-32-20-26(16-17-31(32)42-22-25-12-8-6-9-13-25)23-43-34-30(36)19-27(21-33(34)41-5-2)18-29-24(3)37-38(35(29)39)28-14-10-7-11-15-28/h6-21H,4-5,22-23H2,1-3H3/b29-18-. The molecule has 1 aliphatic heterocycles. The Kier molecular flexibility index (Phi) is 9.64. The van der Waals surface area contributed by atoms with Crippen molar-refractivity contribution >= 4 is 35.0 Å². The van der Waals surface area contributed by atoms with E-state index in [9.17, 15) is 4.79 Å². The predicted molar refractivity (Wildman–Crippen MR) is 170 cm³/mol. The van der Waals surface area contributed by atoms with Gasteiger partial charge in [-0.15, -0.1) is 0 Å². The van der Waals surface area contributed by atoms with Gasteiger partial charge in [0.2, 0.25) is 0 Å². The van der Waals surface area contributed by atoms with E-state index in [0.29, 0.717) is 70.4 Å². The normalized spacial score (nSPS) is 13.7. The van der Waals surface area contributed by atoms with Crippen LogP contribution in [-0.2, 0) is 18.0 Å². The highest BCUT2D eigenvalue weighted by Gasteiger charge is 2.28. The Bertz CT molecular complexity index is 1640. The fourth-order valence-corrected chi connectivity index (χ4v) is 4.86. The largest absolute Gasteiger partial charge is 0.490 e. The van der Waals surface area contributed by atoms with Gasteiger partial charge in [-0.1, -0.05) is 66.2 Å². The van der Waals surface area contributed by atoms with E-state index in [-0.39, 0.29) is 12.5 Å². The number of rotatable bonds is 12. The number of anilines is 1. The molecule has 7 nitrogen and oxygen atoms in total. The van der Waals surface area contributed by atoms with Crippen LogP contribution in [0.2, 0.25) is 5.02 Å². The van der Waals surface area contributed by atoms with Crippen molar-refractivity contribution < 1.29 is 23.7 Å². The second-order valence-electron chi connectivity index (χ2n) is 9.74. The molecule has 1 amide bonds. The maximum atomic E-state index is 13.2. The Morgan fingerprint density at radius 2 is 1.42 bits per heavy atom. The number of halogens is 1. The summed E-state index contributed by atoms with van der Waals surface area (Å²) in [5.74, 6) is 1.99. The van der Waals surface area contributed by atoms with E-state index in [0.717, 1.165) is 11.1 Å². The number of para-hydroxylation sites is 1. The third-order valence-corrected chi connectivity index (χ3v) is 6.92. The van der Waals surface area contributed by atoms with Gasteiger partial charge in [-0.05, 0) is 79.9 Å². The molecule has 4 aromatic carbocycles. The van der Waals surface area contributed by atoms with Gasteiger partial charge in [-0.25, -0.2) is 0 Å². The van der Waals surface area contributed by atoms with E-state index >= 15 is 0 Å². The van der Waals surface area contributed by atoms with Crippen molar-refractivity contribution in [1.82, 2.24) is 0 Å². The maximum absolute atomic E-state index is 13.2. The van der Waals surface area contributed by atoms with Gasteiger partial charge in [-0.3, -0.25) is 4.79 Å². The molecule has 0 bridgehead atoms. The molecule has 5 rings (SSSR count). The fourth-order valence-electron chi connectivity index (χ4n) is 4.59. The quantitative estimate of drug-likeness (QED) is 0.155. The van der Waals surface area contributed by atoms with E-state index < -0.39 is 0 Å². The van der Waals surface area contributed by atoms with Crippen LogP contribution in [0.4, 0.5) is 5.69 Å². The van der Waals surface area contributed by atoms with Crippen molar-refractivity contribution in [3.05, 3.63) is 118 Å². The molecule has 0 saturated carbocycles. The van der Waals surface area contributed by atoms with Crippen LogP contribution in [0, 0.1) is 0 Å². The van der Waals surface area contributed by atoms with Crippen LogP contribution in [-0.4, -0.2) is 24.8 Å². The molecule has 220 valence electrons. The third kappa shape index (κ3) is 7.19. The van der Waals surface area contributed by atoms with Crippen molar-refractivity contribution in [3.8, 4) is 23.0 Å². The van der Waals surface area contributed by atoms with Gasteiger partial charge in [0.15, 0.2) is 23.0 Å². The number of hydrazone groups is 1. The minimum Gasteiger partial charge on any atom is -0.490 e. The molecule has 43 heavy (non-hydrogen) atoms. The topological polar surface area (TPSA) is 69.6 Å². The highest BCUT2D eigenvalue weighted by Crippen LogP contribution is 2.39. The van der Waals surface area contributed by atoms with Crippen LogP contribution in [0.1, 0.15) is 37.5 Å². The molecule has 4 aromatic rings. The van der Waals surface area contributed by atoms with Gasteiger partial charge >= 0.3 is 0 Å². The van der Waals surface area contributed by atoms with Crippen molar-refractivity contribution in [2.24, 2.45) is 5.10 Å². The zero-order valence-corrected chi connectivity index (χ0v) is 25.1. The van der Waals surface area contributed by atoms with Gasteiger partial charge in [0.25, 0.3) is 5.91 Å². The minimum absolute atomic E-state index is 0.209. The Hall–Kier alpha value is -4.75. The lowest BCUT2D eigenvalue weighted by atomic mass is 10.1. The van der Waals surface area contributed by atoms with Crippen LogP contribution in [0.15, 0.2) is 102 Å². The van der Waals surface area contributed by atoms with Gasteiger partial charge in [-0.2, -0.15) is 10.1 Å². The molecule has 0 N–H and O–H groups in total. The Morgan fingerprint density at radius 3 is 2.14 bits per heavy atom. The van der Waals surface area contributed by atoms with Crippen molar-refractivity contribution in [2.75, 3.05) is 18.2 Å². The highest BCUT2D eigenvalue weighted by molar-refractivity contribution is 6.33. The zero-order chi connectivity index (χ0) is 30.2. The second kappa shape index (κ2) is 13.9. The number of hydrogen-bond donors (Lipinski definition) is 0. The number of benzene rings is 4. The van der Waals surface area contributed by atoms with Crippen molar-refractivity contribution in [3.63, 3.8) is 0 Å². The Balaban J connectivity index is 1.33. The lowest BCUT2D eigenvalue weighted by Gasteiger charge is -2.16. The van der Waals surface area contributed by atoms with E-state index in [4.69, 9.17) is 30.5 Å². The first-order valence-corrected chi connectivity index (χ1v) is 14.5. The summed E-state index contributed by atoms with van der Waals surface area (Å²) in [7, 11) is 0. The number of nitrogens with zero attached hydrogens (tertiary/aromatic N) is 2. The molecule has 0 unspecified atom stereocenters. The summed E-state index contributed by atoms with van der Waals surface area (Å²) in [5, 5.41) is 6.22. The fraction of sp³-hybridized carbons (Fsp3) is 0.200. The van der Waals surface area contributed by atoms with E-state index in [1.54, 1.807) is 12.1 Å². The van der Waals surface area contributed by atoms with Crippen LogP contribution < -0.4 is 24.0 Å². The third-order valence-electron chi connectivity index (χ3n) is 6.63. The van der Waals surface area contributed by atoms with E-state index in [1.165, 1.54) is 5.01 Å². The van der Waals surface area contributed by atoms with Crippen LogP contribution in [0.5, 0.6) is 23.0 Å². The maximum Gasteiger partial charge on any atom is 0.280 e. The zero-order valence-electron chi connectivity index (χ0n) is 24.4. The Labute approximate surface area is 256 Å². The monoisotopic (exact) mass is 596 g/mol. The average molecular weight is 597 g/mol. The van der Waals surface area contributed by atoms with Gasteiger partial charge in [0, 0.05) is 0 Å². The average Bonchev–Trinajstić information content (AvgIpc) is 3.30. The molecule has 0 atom stereocenters. The number of carbonyl (C=O) groups excluding carboxylic acids is 1. The molecule has 0 radical (unpaired) electrons. The van der Waals surface area contributed by atoms with Crippen molar-refractivity contribution in [1.29, 1.82) is 0 Å². The summed E-state index contributed by atoms with van der Waals surface area (Å²) in [4.78, 5) is 13.2. The summed E-state index contributed by atoms with van der Waals surface area (Å²) >= 11 is 6.72. The molecule has 0 aromatic heterocycles. The lowest BCUT2D eigenvalue weighted by Crippen LogP contribution is -2.21. The molecular formula is C35H33ClN2O5. The lowest BCUT2D eigenvalue weighted by molar-refractivity contribution is -0.114. The number of carbonyl (C=O) groups is 1. The number of amides is 1. The summed E-state index contributed by atoms with van der Waals surface area (Å²) in [5.41, 5.74) is 4.45. The Morgan fingerprint density at radius 1 is 0.744 bits per heavy atom. The van der Waals surface area contributed by atoms with E-state index in [1.807, 2.05) is 106 Å². The molecule has 1 heterocycles. The van der Waals surface area contributed by atoms with Crippen molar-refractivity contribution in [2.45, 2.75) is 34.0 Å². The summed E-state index contributed by atoms with van der Waals surface area (Å²) in [6, 6.07) is 28.6. The van der Waals surface area contributed by atoms with Crippen LogP contribution in [0.25, 0.3) is 6.08 Å².